The second kappa shape index (κ2) is 7.38. The summed E-state index contributed by atoms with van der Waals surface area (Å²) in [5.74, 6) is 2.86. The van der Waals surface area contributed by atoms with Gasteiger partial charge in [0, 0.05) is 24.7 Å². The lowest BCUT2D eigenvalue weighted by Gasteiger charge is -2.11. The molecule has 22 heavy (non-hydrogen) atoms. The van der Waals surface area contributed by atoms with Crippen LogP contribution < -0.4 is 20.5 Å². The molecular formula is C17H25N3O2. The maximum Gasteiger partial charge on any atom is 0.193 e. The summed E-state index contributed by atoms with van der Waals surface area (Å²) in [6, 6.07) is 5.77. The van der Waals surface area contributed by atoms with Gasteiger partial charge in [-0.3, -0.25) is 4.99 Å². The fourth-order valence-corrected chi connectivity index (χ4v) is 3.10. The number of aliphatic imine (C=N–C) groups is 1. The van der Waals surface area contributed by atoms with Crippen LogP contribution in [0, 0.1) is 5.92 Å². The zero-order valence-electron chi connectivity index (χ0n) is 13.0. The van der Waals surface area contributed by atoms with Gasteiger partial charge >= 0.3 is 0 Å². The molecule has 3 N–H and O–H groups in total. The molecule has 1 aromatic carbocycles. The van der Waals surface area contributed by atoms with E-state index < -0.39 is 0 Å². The molecule has 1 saturated carbocycles. The van der Waals surface area contributed by atoms with Crippen LogP contribution in [0.15, 0.2) is 23.2 Å². The van der Waals surface area contributed by atoms with Gasteiger partial charge in [0.2, 0.25) is 0 Å². The number of benzene rings is 1. The second-order valence-electron chi connectivity index (χ2n) is 6.04. The first kappa shape index (κ1) is 15.0. The van der Waals surface area contributed by atoms with Crippen molar-refractivity contribution in [2.75, 3.05) is 25.1 Å². The minimum Gasteiger partial charge on any atom is -0.490 e. The molecule has 5 nitrogen and oxygen atoms in total. The standard InChI is InChI=1S/C17H25N3O2/c18-17(19-9-8-13-4-1-2-5-13)20-14-6-7-15-16(12-14)22-11-3-10-21-15/h6-7,12-13H,1-5,8-11H2,(H3,18,19,20). The molecule has 0 radical (unpaired) electrons. The van der Waals surface area contributed by atoms with Crippen LogP contribution in [0.1, 0.15) is 38.5 Å². The van der Waals surface area contributed by atoms with Crippen molar-refractivity contribution in [3.05, 3.63) is 18.2 Å². The topological polar surface area (TPSA) is 68.9 Å². The maximum absolute atomic E-state index is 5.96. The number of nitrogens with zero attached hydrogens (tertiary/aromatic N) is 1. The predicted octanol–water partition coefficient (Wildman–Crippen LogP) is 3.15. The van der Waals surface area contributed by atoms with Crippen molar-refractivity contribution in [2.45, 2.75) is 38.5 Å². The van der Waals surface area contributed by atoms with Crippen molar-refractivity contribution in [3.8, 4) is 11.5 Å². The van der Waals surface area contributed by atoms with Crippen molar-refractivity contribution < 1.29 is 9.47 Å². The van der Waals surface area contributed by atoms with Crippen molar-refractivity contribution in [1.29, 1.82) is 0 Å². The summed E-state index contributed by atoms with van der Waals surface area (Å²) in [5, 5.41) is 3.13. The number of rotatable bonds is 4. The predicted molar refractivity (Wildman–Crippen MR) is 88.7 cm³/mol. The largest absolute Gasteiger partial charge is 0.490 e. The Hall–Kier alpha value is -1.91. The molecule has 0 atom stereocenters. The van der Waals surface area contributed by atoms with E-state index >= 15 is 0 Å². The maximum atomic E-state index is 5.96. The number of guanidine groups is 1. The lowest BCUT2D eigenvalue weighted by atomic mass is 10.0. The van der Waals surface area contributed by atoms with Gasteiger partial charge in [0.1, 0.15) is 0 Å². The number of nitrogens with two attached hydrogens (primary N) is 1. The molecule has 1 aliphatic carbocycles. The minimum atomic E-state index is 0.465. The molecule has 5 heteroatoms. The Morgan fingerprint density at radius 1 is 1.14 bits per heavy atom. The van der Waals surface area contributed by atoms with Gasteiger partial charge in [0.15, 0.2) is 17.5 Å². The highest BCUT2D eigenvalue weighted by Crippen LogP contribution is 2.32. The van der Waals surface area contributed by atoms with Crippen molar-refractivity contribution in [1.82, 2.24) is 0 Å². The number of hydrogen-bond acceptors (Lipinski definition) is 3. The van der Waals surface area contributed by atoms with Crippen LogP contribution in [0.2, 0.25) is 0 Å². The Labute approximate surface area is 131 Å². The van der Waals surface area contributed by atoms with E-state index in [1.807, 2.05) is 18.2 Å². The molecule has 3 rings (SSSR count). The van der Waals surface area contributed by atoms with Crippen LogP contribution in [0.5, 0.6) is 11.5 Å². The van der Waals surface area contributed by atoms with Gasteiger partial charge in [-0.2, -0.15) is 0 Å². The Morgan fingerprint density at radius 3 is 2.73 bits per heavy atom. The minimum absolute atomic E-state index is 0.465. The van der Waals surface area contributed by atoms with E-state index in [0.717, 1.165) is 42.5 Å². The number of anilines is 1. The molecule has 1 heterocycles. The molecule has 120 valence electrons. The molecule has 2 aliphatic rings. The highest BCUT2D eigenvalue weighted by Gasteiger charge is 2.14. The van der Waals surface area contributed by atoms with Crippen molar-refractivity contribution >= 4 is 11.6 Å². The molecule has 0 aromatic heterocycles. The van der Waals surface area contributed by atoms with E-state index in [9.17, 15) is 0 Å². The highest BCUT2D eigenvalue weighted by molar-refractivity contribution is 5.92. The third-order valence-corrected chi connectivity index (χ3v) is 4.31. The molecule has 0 unspecified atom stereocenters. The van der Waals surface area contributed by atoms with Gasteiger partial charge in [-0.15, -0.1) is 0 Å². The third-order valence-electron chi connectivity index (χ3n) is 4.31. The lowest BCUT2D eigenvalue weighted by Crippen LogP contribution is -2.23. The average molecular weight is 303 g/mol. The fraction of sp³-hybridized carbons (Fsp3) is 0.588. The smallest absolute Gasteiger partial charge is 0.193 e. The van der Waals surface area contributed by atoms with Crippen LogP contribution in [0.25, 0.3) is 0 Å². The lowest BCUT2D eigenvalue weighted by molar-refractivity contribution is 0.297. The summed E-state index contributed by atoms with van der Waals surface area (Å²) >= 11 is 0. The Kier molecular flexibility index (Phi) is 5.03. The van der Waals surface area contributed by atoms with Crippen LogP contribution in [-0.2, 0) is 0 Å². The van der Waals surface area contributed by atoms with Crippen LogP contribution in [0.3, 0.4) is 0 Å². The Bertz CT molecular complexity index is 525. The SMILES string of the molecule is NC(=NCCC1CCCC1)Nc1ccc2c(c1)OCCCO2. The Balaban J connectivity index is 1.54. The van der Waals surface area contributed by atoms with Crippen LogP contribution in [-0.4, -0.2) is 25.7 Å². The molecular weight excluding hydrogens is 278 g/mol. The van der Waals surface area contributed by atoms with Crippen LogP contribution >= 0.6 is 0 Å². The molecule has 1 fully saturated rings. The second-order valence-corrected chi connectivity index (χ2v) is 6.04. The van der Waals surface area contributed by atoms with Gasteiger partial charge in [-0.25, -0.2) is 0 Å². The van der Waals surface area contributed by atoms with Gasteiger partial charge in [-0.1, -0.05) is 25.7 Å². The fourth-order valence-electron chi connectivity index (χ4n) is 3.10. The van der Waals surface area contributed by atoms with Crippen molar-refractivity contribution in [2.24, 2.45) is 16.6 Å². The molecule has 0 amide bonds. The zero-order valence-corrected chi connectivity index (χ0v) is 13.0. The quantitative estimate of drug-likeness (QED) is 0.662. The normalized spacial score (nSPS) is 19.0. The number of hydrogen-bond donors (Lipinski definition) is 2. The Morgan fingerprint density at radius 2 is 1.91 bits per heavy atom. The van der Waals surface area contributed by atoms with Crippen molar-refractivity contribution in [3.63, 3.8) is 0 Å². The summed E-state index contributed by atoms with van der Waals surface area (Å²) in [6.07, 6.45) is 7.50. The summed E-state index contributed by atoms with van der Waals surface area (Å²) in [4.78, 5) is 4.42. The first-order valence-electron chi connectivity index (χ1n) is 8.28. The van der Waals surface area contributed by atoms with E-state index in [1.165, 1.54) is 25.7 Å². The van der Waals surface area contributed by atoms with Crippen LogP contribution in [0.4, 0.5) is 5.69 Å². The summed E-state index contributed by atoms with van der Waals surface area (Å²) in [7, 11) is 0. The van der Waals surface area contributed by atoms with E-state index in [2.05, 4.69) is 10.3 Å². The van der Waals surface area contributed by atoms with E-state index in [1.54, 1.807) is 0 Å². The first-order valence-corrected chi connectivity index (χ1v) is 8.28. The molecule has 1 aliphatic heterocycles. The van der Waals surface area contributed by atoms with E-state index in [-0.39, 0.29) is 0 Å². The molecule has 0 saturated heterocycles. The summed E-state index contributed by atoms with van der Waals surface area (Å²) in [5.41, 5.74) is 6.85. The molecule has 0 spiro atoms. The summed E-state index contributed by atoms with van der Waals surface area (Å²) in [6.45, 7) is 2.18. The average Bonchev–Trinajstić information content (AvgIpc) is 2.91. The monoisotopic (exact) mass is 303 g/mol. The third kappa shape index (κ3) is 4.06. The van der Waals surface area contributed by atoms with Gasteiger partial charge in [0.25, 0.3) is 0 Å². The van der Waals surface area contributed by atoms with E-state index in [4.69, 9.17) is 15.2 Å². The number of fused-ring (bicyclic) bond motifs is 1. The highest BCUT2D eigenvalue weighted by atomic mass is 16.5. The molecule has 0 bridgehead atoms. The first-order chi connectivity index (χ1) is 10.8. The van der Waals surface area contributed by atoms with E-state index in [0.29, 0.717) is 19.2 Å². The number of ether oxygens (including phenoxy) is 2. The van der Waals surface area contributed by atoms with Gasteiger partial charge < -0.3 is 20.5 Å². The van der Waals surface area contributed by atoms with Gasteiger partial charge in [0.05, 0.1) is 13.2 Å². The summed E-state index contributed by atoms with van der Waals surface area (Å²) < 4.78 is 11.3. The molecule has 1 aromatic rings. The van der Waals surface area contributed by atoms with Gasteiger partial charge in [-0.05, 0) is 24.5 Å². The zero-order chi connectivity index (χ0) is 15.2. The number of nitrogens with one attached hydrogen (secondary N) is 1.